The van der Waals surface area contributed by atoms with E-state index in [4.69, 9.17) is 14.9 Å². The summed E-state index contributed by atoms with van der Waals surface area (Å²) in [7, 11) is 1.27. The average molecular weight is 261 g/mol. The molecule has 1 aromatic rings. The second kappa shape index (κ2) is 6.33. The van der Waals surface area contributed by atoms with Gasteiger partial charge in [-0.3, -0.25) is 10.1 Å². The number of hydrogen-bond acceptors (Lipinski definition) is 8. The summed E-state index contributed by atoms with van der Waals surface area (Å²) < 4.78 is 4.76. The van der Waals surface area contributed by atoms with Crippen LogP contribution in [0.2, 0.25) is 0 Å². The Morgan fingerprint density at radius 3 is 2.88 bits per heavy atom. The van der Waals surface area contributed by atoms with Crippen molar-refractivity contribution in [3.05, 3.63) is 16.4 Å². The van der Waals surface area contributed by atoms with Gasteiger partial charge in [0, 0.05) is 5.75 Å². The van der Waals surface area contributed by atoms with Crippen LogP contribution in [0.4, 0.5) is 5.69 Å². The zero-order valence-electron chi connectivity index (χ0n) is 8.94. The van der Waals surface area contributed by atoms with E-state index in [1.165, 1.54) is 7.11 Å². The SMILES string of the molecule is COc1ncnc(SCC(O)CO)c1[N+](=O)[O-]. The Kier molecular flexibility index (Phi) is 5.07. The van der Waals surface area contributed by atoms with E-state index < -0.39 is 17.6 Å². The second-order valence-electron chi connectivity index (χ2n) is 2.94. The Balaban J connectivity index is 2.94. The standard InChI is InChI=1S/C8H11N3O5S/c1-16-7-6(11(14)15)8(10-4-9-7)17-3-5(13)2-12/h4-5,12-13H,2-3H2,1H3. The second-order valence-corrected chi connectivity index (χ2v) is 3.95. The van der Waals surface area contributed by atoms with Gasteiger partial charge in [0.15, 0.2) is 5.03 Å². The quantitative estimate of drug-likeness (QED) is 0.314. The minimum absolute atomic E-state index is 0.0920. The molecule has 0 spiro atoms. The van der Waals surface area contributed by atoms with Gasteiger partial charge in [-0.2, -0.15) is 4.98 Å². The molecule has 9 heteroatoms. The molecule has 17 heavy (non-hydrogen) atoms. The summed E-state index contributed by atoms with van der Waals surface area (Å²) >= 11 is 0.955. The zero-order chi connectivity index (χ0) is 12.8. The highest BCUT2D eigenvalue weighted by atomic mass is 32.2. The monoisotopic (exact) mass is 261 g/mol. The van der Waals surface area contributed by atoms with Crippen LogP contribution in [0.15, 0.2) is 11.4 Å². The molecule has 0 aromatic carbocycles. The van der Waals surface area contributed by atoms with Gasteiger partial charge in [0.25, 0.3) is 5.88 Å². The van der Waals surface area contributed by atoms with E-state index >= 15 is 0 Å². The number of nitrogens with zero attached hydrogens (tertiary/aromatic N) is 3. The van der Waals surface area contributed by atoms with Crippen LogP contribution in [0.25, 0.3) is 0 Å². The highest BCUT2D eigenvalue weighted by molar-refractivity contribution is 7.99. The van der Waals surface area contributed by atoms with Crippen molar-refractivity contribution < 1.29 is 19.9 Å². The van der Waals surface area contributed by atoms with Gasteiger partial charge in [0.05, 0.1) is 24.7 Å². The summed E-state index contributed by atoms with van der Waals surface area (Å²) in [5.41, 5.74) is -0.342. The Bertz CT molecular complexity index is 403. The van der Waals surface area contributed by atoms with Crippen molar-refractivity contribution in [3.63, 3.8) is 0 Å². The minimum Gasteiger partial charge on any atom is -0.476 e. The lowest BCUT2D eigenvalue weighted by Gasteiger charge is -2.07. The van der Waals surface area contributed by atoms with Crippen LogP contribution in [-0.2, 0) is 0 Å². The first-order valence-corrected chi connectivity index (χ1v) is 5.53. The molecule has 0 bridgehead atoms. The predicted molar refractivity (Wildman–Crippen MR) is 59.1 cm³/mol. The third-order valence-corrected chi connectivity index (χ3v) is 2.88. The zero-order valence-corrected chi connectivity index (χ0v) is 9.75. The molecule has 0 saturated carbocycles. The smallest absolute Gasteiger partial charge is 0.362 e. The molecule has 0 radical (unpaired) electrons. The number of methoxy groups -OCH3 is 1. The van der Waals surface area contributed by atoms with Gasteiger partial charge >= 0.3 is 5.69 Å². The van der Waals surface area contributed by atoms with Crippen molar-refractivity contribution in [3.8, 4) is 5.88 Å². The summed E-state index contributed by atoms with van der Waals surface area (Å²) in [5, 5.41) is 28.7. The molecule has 0 fully saturated rings. The predicted octanol–water partition coefficient (Wildman–Crippen LogP) is -0.161. The van der Waals surface area contributed by atoms with E-state index in [0.717, 1.165) is 18.1 Å². The highest BCUT2D eigenvalue weighted by Crippen LogP contribution is 2.33. The van der Waals surface area contributed by atoms with Gasteiger partial charge in [-0.15, -0.1) is 0 Å². The van der Waals surface area contributed by atoms with E-state index in [1.54, 1.807) is 0 Å². The summed E-state index contributed by atoms with van der Waals surface area (Å²) in [5.74, 6) is -0.0386. The molecular weight excluding hydrogens is 250 g/mol. The molecule has 1 atom stereocenters. The van der Waals surface area contributed by atoms with Gasteiger partial charge < -0.3 is 14.9 Å². The van der Waals surface area contributed by atoms with Crippen molar-refractivity contribution in [1.82, 2.24) is 9.97 Å². The van der Waals surface area contributed by atoms with E-state index in [0.29, 0.717) is 0 Å². The molecule has 1 heterocycles. The summed E-state index contributed by atoms with van der Waals surface area (Å²) in [6.07, 6.45) is 0.181. The summed E-state index contributed by atoms with van der Waals surface area (Å²) in [4.78, 5) is 17.6. The maximum atomic E-state index is 10.8. The van der Waals surface area contributed by atoms with Gasteiger partial charge in [-0.05, 0) is 0 Å². The fourth-order valence-corrected chi connectivity index (χ4v) is 1.86. The molecule has 0 aliphatic rings. The lowest BCUT2D eigenvalue weighted by atomic mass is 10.4. The normalized spacial score (nSPS) is 12.2. The molecule has 0 saturated heterocycles. The minimum atomic E-state index is -0.958. The molecule has 1 rings (SSSR count). The van der Waals surface area contributed by atoms with Gasteiger partial charge in [-0.1, -0.05) is 11.8 Å². The van der Waals surface area contributed by atoms with Crippen molar-refractivity contribution in [1.29, 1.82) is 0 Å². The van der Waals surface area contributed by atoms with Crippen LogP contribution in [0.5, 0.6) is 5.88 Å². The molecule has 1 unspecified atom stereocenters. The van der Waals surface area contributed by atoms with E-state index in [9.17, 15) is 10.1 Å². The topological polar surface area (TPSA) is 119 Å². The summed E-state index contributed by atoms with van der Waals surface area (Å²) in [6.45, 7) is -0.414. The van der Waals surface area contributed by atoms with Crippen LogP contribution in [0.1, 0.15) is 0 Å². The number of aliphatic hydroxyl groups is 2. The first-order chi connectivity index (χ1) is 8.10. The summed E-state index contributed by atoms with van der Waals surface area (Å²) in [6, 6.07) is 0. The lowest BCUT2D eigenvalue weighted by molar-refractivity contribution is -0.389. The number of aromatic nitrogens is 2. The van der Waals surface area contributed by atoms with Crippen molar-refractivity contribution in [2.45, 2.75) is 11.1 Å². The molecule has 2 N–H and O–H groups in total. The van der Waals surface area contributed by atoms with E-state index in [1.807, 2.05) is 0 Å². The molecule has 0 aliphatic heterocycles. The first-order valence-electron chi connectivity index (χ1n) is 4.55. The number of nitro groups is 1. The Labute approximate surface area is 101 Å². The number of thioether (sulfide) groups is 1. The average Bonchev–Trinajstić information content (AvgIpc) is 2.34. The fraction of sp³-hybridized carbons (Fsp3) is 0.500. The molecule has 0 aliphatic carbocycles. The molecular formula is C8H11N3O5S. The number of ether oxygens (including phenoxy) is 1. The Morgan fingerprint density at radius 1 is 1.65 bits per heavy atom. The fourth-order valence-electron chi connectivity index (χ4n) is 0.987. The van der Waals surface area contributed by atoms with Crippen LogP contribution in [0, 0.1) is 10.1 Å². The third-order valence-electron chi connectivity index (χ3n) is 1.75. The Morgan fingerprint density at radius 2 is 2.35 bits per heavy atom. The maximum Gasteiger partial charge on any atom is 0.362 e. The number of rotatable bonds is 6. The van der Waals surface area contributed by atoms with Crippen LogP contribution in [0.3, 0.4) is 0 Å². The number of aliphatic hydroxyl groups excluding tert-OH is 2. The van der Waals surface area contributed by atoms with E-state index in [2.05, 4.69) is 9.97 Å². The van der Waals surface area contributed by atoms with Crippen LogP contribution < -0.4 is 4.74 Å². The molecule has 1 aromatic heterocycles. The lowest BCUT2D eigenvalue weighted by Crippen LogP contribution is -2.15. The first kappa shape index (κ1) is 13.6. The molecule has 0 amide bonds. The molecule has 94 valence electrons. The van der Waals surface area contributed by atoms with Gasteiger partial charge in [-0.25, -0.2) is 4.98 Å². The number of hydrogen-bond donors (Lipinski definition) is 2. The van der Waals surface area contributed by atoms with Crippen molar-refractivity contribution in [2.24, 2.45) is 0 Å². The molecule has 8 nitrogen and oxygen atoms in total. The van der Waals surface area contributed by atoms with Crippen molar-refractivity contribution in [2.75, 3.05) is 19.5 Å². The highest BCUT2D eigenvalue weighted by Gasteiger charge is 2.24. The van der Waals surface area contributed by atoms with Gasteiger partial charge in [0.1, 0.15) is 6.33 Å². The third kappa shape index (κ3) is 3.51. The van der Waals surface area contributed by atoms with Crippen molar-refractivity contribution >= 4 is 17.4 Å². The Hall–Kier alpha value is -1.45. The largest absolute Gasteiger partial charge is 0.476 e. The maximum absolute atomic E-state index is 10.8. The van der Waals surface area contributed by atoms with Crippen LogP contribution >= 0.6 is 11.8 Å². The van der Waals surface area contributed by atoms with Gasteiger partial charge in [0.2, 0.25) is 0 Å². The van der Waals surface area contributed by atoms with Crippen LogP contribution in [-0.4, -0.2) is 50.7 Å². The van der Waals surface area contributed by atoms with E-state index in [-0.39, 0.29) is 22.3 Å².